The van der Waals surface area contributed by atoms with Crippen molar-refractivity contribution in [3.63, 3.8) is 0 Å². The highest BCUT2D eigenvalue weighted by atomic mass is 19.1. The van der Waals surface area contributed by atoms with Crippen molar-refractivity contribution >= 4 is 29.0 Å². The van der Waals surface area contributed by atoms with Crippen molar-refractivity contribution in [3.05, 3.63) is 53.8 Å². The fourth-order valence-electron chi connectivity index (χ4n) is 2.31. The topological polar surface area (TPSA) is 70.2 Å². The first-order chi connectivity index (χ1) is 10.6. The largest absolute Gasteiger partial charge is 0.326 e. The minimum atomic E-state index is -0.523. The molecule has 22 heavy (non-hydrogen) atoms. The second kappa shape index (κ2) is 5.85. The number of fused-ring (bicyclic) bond motifs is 1. The summed E-state index contributed by atoms with van der Waals surface area (Å²) in [5.74, 6) is -0.503. The molecule has 0 radical (unpaired) electrons. The van der Waals surface area contributed by atoms with Crippen molar-refractivity contribution in [2.75, 3.05) is 16.0 Å². The van der Waals surface area contributed by atoms with E-state index in [1.54, 1.807) is 30.3 Å². The Hall–Kier alpha value is -2.89. The predicted molar refractivity (Wildman–Crippen MR) is 82.4 cm³/mol. The van der Waals surface area contributed by atoms with Gasteiger partial charge in [-0.25, -0.2) is 9.18 Å². The molecule has 2 aromatic carbocycles. The molecule has 0 saturated heterocycles. The highest BCUT2D eigenvalue weighted by molar-refractivity contribution is 6.00. The van der Waals surface area contributed by atoms with Crippen LogP contribution in [0.15, 0.2) is 42.5 Å². The van der Waals surface area contributed by atoms with Crippen LogP contribution in [-0.4, -0.2) is 11.9 Å². The van der Waals surface area contributed by atoms with Crippen molar-refractivity contribution in [1.29, 1.82) is 0 Å². The van der Waals surface area contributed by atoms with Crippen molar-refractivity contribution in [2.24, 2.45) is 0 Å². The van der Waals surface area contributed by atoms with Gasteiger partial charge < -0.3 is 16.0 Å². The van der Waals surface area contributed by atoms with Gasteiger partial charge in [0, 0.05) is 17.8 Å². The first kappa shape index (κ1) is 14.1. The predicted octanol–water partition coefficient (Wildman–Crippen LogP) is 3.35. The van der Waals surface area contributed by atoms with E-state index in [2.05, 4.69) is 16.0 Å². The summed E-state index contributed by atoms with van der Waals surface area (Å²) in [5.41, 5.74) is 2.42. The number of anilines is 3. The number of aryl methyl sites for hydroxylation is 1. The maximum atomic E-state index is 13.5. The smallest absolute Gasteiger partial charge is 0.323 e. The molecule has 3 N–H and O–H groups in total. The van der Waals surface area contributed by atoms with Crippen LogP contribution in [0.5, 0.6) is 0 Å². The first-order valence-electron chi connectivity index (χ1n) is 6.87. The minimum absolute atomic E-state index is 0.00879. The number of benzene rings is 2. The van der Waals surface area contributed by atoms with Crippen molar-refractivity contribution in [2.45, 2.75) is 12.8 Å². The number of carbonyl (C=O) groups is 2. The molecule has 1 heterocycles. The van der Waals surface area contributed by atoms with E-state index in [1.165, 1.54) is 12.1 Å². The van der Waals surface area contributed by atoms with Crippen LogP contribution < -0.4 is 16.0 Å². The fourth-order valence-corrected chi connectivity index (χ4v) is 2.31. The van der Waals surface area contributed by atoms with Gasteiger partial charge in [-0.15, -0.1) is 0 Å². The van der Waals surface area contributed by atoms with E-state index >= 15 is 0 Å². The van der Waals surface area contributed by atoms with Gasteiger partial charge in [0.25, 0.3) is 0 Å². The summed E-state index contributed by atoms with van der Waals surface area (Å²) in [6, 6.07) is 10.7. The van der Waals surface area contributed by atoms with Gasteiger partial charge in [-0.1, -0.05) is 12.1 Å². The lowest BCUT2D eigenvalue weighted by atomic mass is 10.0. The molecule has 3 amide bonds. The van der Waals surface area contributed by atoms with E-state index in [-0.39, 0.29) is 11.6 Å². The Balaban J connectivity index is 1.70. The van der Waals surface area contributed by atoms with Gasteiger partial charge in [0.05, 0.1) is 5.69 Å². The second-order valence-electron chi connectivity index (χ2n) is 4.98. The van der Waals surface area contributed by atoms with Crippen LogP contribution in [-0.2, 0) is 11.2 Å². The summed E-state index contributed by atoms with van der Waals surface area (Å²) >= 11 is 0. The molecular weight excluding hydrogens is 285 g/mol. The minimum Gasteiger partial charge on any atom is -0.326 e. The standard InChI is InChI=1S/C16H14FN3O2/c17-12-3-1-2-4-14(12)20-16(22)18-11-6-7-13-10(9-11)5-8-15(21)19-13/h1-4,6-7,9H,5,8H2,(H,19,21)(H2,18,20,22). The molecule has 1 aliphatic rings. The van der Waals surface area contributed by atoms with Gasteiger partial charge in [-0.3, -0.25) is 4.79 Å². The highest BCUT2D eigenvalue weighted by Crippen LogP contribution is 2.25. The van der Waals surface area contributed by atoms with Crippen LogP contribution in [0.25, 0.3) is 0 Å². The monoisotopic (exact) mass is 299 g/mol. The Morgan fingerprint density at radius 1 is 1.09 bits per heavy atom. The molecule has 112 valence electrons. The molecule has 0 aromatic heterocycles. The number of carbonyl (C=O) groups excluding carboxylic acids is 2. The number of rotatable bonds is 2. The van der Waals surface area contributed by atoms with Crippen LogP contribution in [0.3, 0.4) is 0 Å². The number of para-hydroxylation sites is 1. The summed E-state index contributed by atoms with van der Waals surface area (Å²) < 4.78 is 13.5. The zero-order chi connectivity index (χ0) is 15.5. The molecule has 0 fully saturated rings. The molecule has 2 aromatic rings. The normalized spacial score (nSPS) is 13.0. The lowest BCUT2D eigenvalue weighted by Gasteiger charge is -2.18. The number of amides is 3. The number of nitrogens with one attached hydrogen (secondary N) is 3. The number of halogens is 1. The van der Waals surface area contributed by atoms with Gasteiger partial charge in [0.15, 0.2) is 0 Å². The van der Waals surface area contributed by atoms with Crippen LogP contribution in [0.4, 0.5) is 26.2 Å². The van der Waals surface area contributed by atoms with Gasteiger partial charge in [-0.2, -0.15) is 0 Å². The van der Waals surface area contributed by atoms with Crippen LogP contribution in [0, 0.1) is 5.82 Å². The third-order valence-corrected chi connectivity index (χ3v) is 3.38. The van der Waals surface area contributed by atoms with Gasteiger partial charge in [0.1, 0.15) is 5.82 Å². The Bertz CT molecular complexity index is 746. The zero-order valence-corrected chi connectivity index (χ0v) is 11.7. The van der Waals surface area contributed by atoms with Crippen molar-refractivity contribution < 1.29 is 14.0 Å². The van der Waals surface area contributed by atoms with E-state index in [9.17, 15) is 14.0 Å². The lowest BCUT2D eigenvalue weighted by Crippen LogP contribution is -2.21. The Morgan fingerprint density at radius 2 is 1.91 bits per heavy atom. The first-order valence-corrected chi connectivity index (χ1v) is 6.87. The molecule has 5 nitrogen and oxygen atoms in total. The quantitative estimate of drug-likeness (QED) is 0.796. The molecule has 0 spiro atoms. The SMILES string of the molecule is O=C1CCc2cc(NC(=O)Nc3ccccc3F)ccc2N1. The Morgan fingerprint density at radius 3 is 2.73 bits per heavy atom. The molecule has 0 atom stereocenters. The number of urea groups is 1. The van der Waals surface area contributed by atoms with E-state index in [0.717, 1.165) is 11.3 Å². The van der Waals surface area contributed by atoms with E-state index in [1.807, 2.05) is 0 Å². The second-order valence-corrected chi connectivity index (χ2v) is 4.98. The maximum Gasteiger partial charge on any atom is 0.323 e. The van der Waals surface area contributed by atoms with Gasteiger partial charge in [0.2, 0.25) is 5.91 Å². The van der Waals surface area contributed by atoms with Crippen LogP contribution in [0.2, 0.25) is 0 Å². The van der Waals surface area contributed by atoms with Crippen LogP contribution in [0.1, 0.15) is 12.0 Å². The molecule has 1 aliphatic heterocycles. The van der Waals surface area contributed by atoms with E-state index < -0.39 is 11.8 Å². The molecule has 0 aliphatic carbocycles. The Kier molecular flexibility index (Phi) is 3.74. The summed E-state index contributed by atoms with van der Waals surface area (Å²) in [6.45, 7) is 0. The third-order valence-electron chi connectivity index (χ3n) is 3.38. The highest BCUT2D eigenvalue weighted by Gasteiger charge is 2.15. The zero-order valence-electron chi connectivity index (χ0n) is 11.7. The molecule has 3 rings (SSSR count). The van der Waals surface area contributed by atoms with Gasteiger partial charge in [-0.05, 0) is 42.3 Å². The molecule has 6 heteroatoms. The molecule has 0 bridgehead atoms. The van der Waals surface area contributed by atoms with Crippen molar-refractivity contribution in [1.82, 2.24) is 0 Å². The maximum absolute atomic E-state index is 13.5. The Labute approximate surface area is 126 Å². The summed E-state index contributed by atoms with van der Waals surface area (Å²) in [4.78, 5) is 23.2. The summed E-state index contributed by atoms with van der Waals surface area (Å²) in [5, 5.41) is 7.87. The van der Waals surface area contributed by atoms with Crippen LogP contribution >= 0.6 is 0 Å². The summed E-state index contributed by atoms with van der Waals surface area (Å²) in [7, 11) is 0. The lowest BCUT2D eigenvalue weighted by molar-refractivity contribution is -0.116. The van der Waals surface area contributed by atoms with E-state index in [4.69, 9.17) is 0 Å². The number of hydrogen-bond donors (Lipinski definition) is 3. The summed E-state index contributed by atoms with van der Waals surface area (Å²) in [6.07, 6.45) is 1.06. The molecule has 0 unspecified atom stereocenters. The average molecular weight is 299 g/mol. The van der Waals surface area contributed by atoms with E-state index in [0.29, 0.717) is 18.5 Å². The third kappa shape index (κ3) is 3.06. The van der Waals surface area contributed by atoms with Crippen molar-refractivity contribution in [3.8, 4) is 0 Å². The van der Waals surface area contributed by atoms with Gasteiger partial charge >= 0.3 is 6.03 Å². The number of hydrogen-bond acceptors (Lipinski definition) is 2. The average Bonchev–Trinajstić information content (AvgIpc) is 2.50. The molecule has 0 saturated carbocycles. The fraction of sp³-hybridized carbons (Fsp3) is 0.125. The molecular formula is C16H14FN3O2.